The summed E-state index contributed by atoms with van der Waals surface area (Å²) in [7, 11) is 0. The first-order chi connectivity index (χ1) is 13.0. The highest BCUT2D eigenvalue weighted by Crippen LogP contribution is 2.22. The van der Waals surface area contributed by atoms with Gasteiger partial charge >= 0.3 is 0 Å². The zero-order chi connectivity index (χ0) is 19.2. The quantitative estimate of drug-likeness (QED) is 0.691. The molecule has 1 aliphatic heterocycles. The Morgan fingerprint density at radius 3 is 2.37 bits per heavy atom. The number of hydrogen-bond acceptors (Lipinski definition) is 2. The summed E-state index contributed by atoms with van der Waals surface area (Å²) in [6, 6.07) is 9.23. The van der Waals surface area contributed by atoms with Crippen LogP contribution in [0.1, 0.15) is 35.2 Å². The molecule has 1 heterocycles. The largest absolute Gasteiger partial charge is 0.377 e. The van der Waals surface area contributed by atoms with Gasteiger partial charge in [0.2, 0.25) is 0 Å². The third-order valence-electron chi connectivity index (χ3n) is 4.84. The van der Waals surface area contributed by atoms with E-state index in [1.165, 1.54) is 12.1 Å². The van der Waals surface area contributed by atoms with Crippen LogP contribution in [0, 0.1) is 23.4 Å². The molecular formula is C21H22F3NO2. The van der Waals surface area contributed by atoms with E-state index < -0.39 is 11.6 Å². The molecule has 0 unspecified atom stereocenters. The molecule has 0 aromatic heterocycles. The van der Waals surface area contributed by atoms with Gasteiger partial charge in [0.1, 0.15) is 17.5 Å². The molecule has 0 bridgehead atoms. The third kappa shape index (κ3) is 5.57. The average Bonchev–Trinajstić information content (AvgIpc) is 2.64. The summed E-state index contributed by atoms with van der Waals surface area (Å²) in [6.07, 6.45) is 2.52. The molecule has 2 aromatic rings. The third-order valence-corrected chi connectivity index (χ3v) is 4.84. The van der Waals surface area contributed by atoms with Gasteiger partial charge in [0.25, 0.3) is 5.91 Å². The van der Waals surface area contributed by atoms with Crippen molar-refractivity contribution in [3.05, 3.63) is 71.0 Å². The molecule has 3 rings (SSSR count). The van der Waals surface area contributed by atoms with Crippen LogP contribution in [-0.4, -0.2) is 30.5 Å². The van der Waals surface area contributed by atoms with Gasteiger partial charge in [0, 0.05) is 31.3 Å². The molecule has 144 valence electrons. The lowest BCUT2D eigenvalue weighted by Crippen LogP contribution is -2.38. The van der Waals surface area contributed by atoms with Crippen molar-refractivity contribution in [2.45, 2.75) is 25.9 Å². The Bertz CT molecular complexity index is 768. The van der Waals surface area contributed by atoms with Crippen LogP contribution in [0.15, 0.2) is 42.5 Å². The van der Waals surface area contributed by atoms with Crippen LogP contribution in [0.5, 0.6) is 0 Å². The summed E-state index contributed by atoms with van der Waals surface area (Å²) < 4.78 is 45.3. The first kappa shape index (κ1) is 19.4. The summed E-state index contributed by atoms with van der Waals surface area (Å²) in [5, 5.41) is 0. The lowest BCUT2D eigenvalue weighted by Gasteiger charge is -2.32. The van der Waals surface area contributed by atoms with E-state index in [1.54, 1.807) is 11.0 Å². The summed E-state index contributed by atoms with van der Waals surface area (Å²) in [5.41, 5.74) is 0.849. The molecule has 0 saturated carbocycles. The van der Waals surface area contributed by atoms with Gasteiger partial charge < -0.3 is 9.64 Å². The number of benzene rings is 2. The Balaban J connectivity index is 1.40. The Hall–Kier alpha value is -2.34. The first-order valence-electron chi connectivity index (χ1n) is 9.09. The van der Waals surface area contributed by atoms with Crippen molar-refractivity contribution < 1.29 is 22.7 Å². The van der Waals surface area contributed by atoms with Gasteiger partial charge in [-0.15, -0.1) is 0 Å². The van der Waals surface area contributed by atoms with E-state index in [9.17, 15) is 18.0 Å². The van der Waals surface area contributed by atoms with E-state index in [2.05, 4.69) is 0 Å². The second-order valence-corrected chi connectivity index (χ2v) is 6.86. The van der Waals surface area contributed by atoms with Crippen molar-refractivity contribution in [1.29, 1.82) is 0 Å². The maximum Gasteiger partial charge on any atom is 0.254 e. The molecular weight excluding hydrogens is 355 g/mol. The number of amides is 1. The molecule has 3 nitrogen and oxygen atoms in total. The molecule has 27 heavy (non-hydrogen) atoms. The van der Waals surface area contributed by atoms with Gasteiger partial charge in [-0.2, -0.15) is 0 Å². The fraction of sp³-hybridized carbons (Fsp3) is 0.381. The molecule has 1 aliphatic rings. The van der Waals surface area contributed by atoms with Crippen LogP contribution < -0.4 is 0 Å². The number of halogens is 3. The van der Waals surface area contributed by atoms with Crippen molar-refractivity contribution in [1.82, 2.24) is 4.90 Å². The van der Waals surface area contributed by atoms with Crippen molar-refractivity contribution >= 4 is 5.91 Å². The second-order valence-electron chi connectivity index (χ2n) is 6.86. The highest BCUT2D eigenvalue weighted by molar-refractivity contribution is 5.94. The molecule has 0 N–H and O–H groups in total. The van der Waals surface area contributed by atoms with Gasteiger partial charge in [-0.05, 0) is 55.0 Å². The fourth-order valence-electron chi connectivity index (χ4n) is 3.35. The van der Waals surface area contributed by atoms with Crippen LogP contribution in [0.3, 0.4) is 0 Å². The van der Waals surface area contributed by atoms with Crippen molar-refractivity contribution in [3.63, 3.8) is 0 Å². The zero-order valence-electron chi connectivity index (χ0n) is 15.0. The number of rotatable bonds is 6. The molecule has 0 radical (unpaired) electrons. The number of hydrogen-bond donors (Lipinski definition) is 0. The maximum absolute atomic E-state index is 13.3. The van der Waals surface area contributed by atoms with Crippen molar-refractivity contribution in [2.24, 2.45) is 5.92 Å². The van der Waals surface area contributed by atoms with Crippen LogP contribution in [0.2, 0.25) is 0 Å². The smallest absolute Gasteiger partial charge is 0.254 e. The summed E-state index contributed by atoms with van der Waals surface area (Å²) >= 11 is 0. The number of nitrogens with zero attached hydrogens (tertiary/aromatic N) is 1. The van der Waals surface area contributed by atoms with Gasteiger partial charge in [-0.25, -0.2) is 13.2 Å². The molecule has 2 aromatic carbocycles. The maximum atomic E-state index is 13.3. The number of carbonyl (C=O) groups excluding carboxylic acids is 1. The molecule has 1 fully saturated rings. The Kier molecular flexibility index (Phi) is 6.50. The van der Waals surface area contributed by atoms with Crippen LogP contribution >= 0.6 is 0 Å². The van der Waals surface area contributed by atoms with E-state index in [-0.39, 0.29) is 17.3 Å². The number of likely N-dealkylation sites (tertiary alicyclic amines) is 1. The highest BCUT2D eigenvalue weighted by atomic mass is 19.1. The highest BCUT2D eigenvalue weighted by Gasteiger charge is 2.24. The molecule has 0 atom stereocenters. The first-order valence-corrected chi connectivity index (χ1v) is 9.09. The van der Waals surface area contributed by atoms with Crippen molar-refractivity contribution in [2.75, 3.05) is 19.7 Å². The molecule has 6 heteroatoms. The summed E-state index contributed by atoms with van der Waals surface area (Å²) in [4.78, 5) is 14.0. The van der Waals surface area contributed by atoms with Crippen LogP contribution in [0.25, 0.3) is 0 Å². The van der Waals surface area contributed by atoms with Gasteiger partial charge in [0.15, 0.2) is 0 Å². The Morgan fingerprint density at radius 1 is 1.00 bits per heavy atom. The lowest BCUT2D eigenvalue weighted by atomic mass is 9.93. The van der Waals surface area contributed by atoms with Gasteiger partial charge in [0.05, 0.1) is 6.61 Å². The van der Waals surface area contributed by atoms with Crippen molar-refractivity contribution in [3.8, 4) is 0 Å². The minimum Gasteiger partial charge on any atom is -0.377 e. The standard InChI is InChI=1S/C21H22F3NO2/c22-18-3-1-2-16(10-18)14-27-9-6-15-4-7-25(8-5-15)21(26)17-11-19(23)13-20(24)12-17/h1-3,10-13,15H,4-9,14H2. The van der Waals surface area contributed by atoms with Crippen LogP contribution in [-0.2, 0) is 11.3 Å². The van der Waals surface area contributed by atoms with E-state index in [4.69, 9.17) is 4.74 Å². The fourth-order valence-corrected chi connectivity index (χ4v) is 3.35. The minimum atomic E-state index is -0.747. The van der Waals surface area contributed by atoms with Crippen LogP contribution in [0.4, 0.5) is 13.2 Å². The lowest BCUT2D eigenvalue weighted by molar-refractivity contribution is 0.0637. The predicted molar refractivity (Wildman–Crippen MR) is 95.7 cm³/mol. The summed E-state index contributed by atoms with van der Waals surface area (Å²) in [5.74, 6) is -1.67. The van der Waals surface area contributed by atoms with Gasteiger partial charge in [-0.3, -0.25) is 4.79 Å². The molecule has 0 aliphatic carbocycles. The van der Waals surface area contributed by atoms with E-state index in [0.29, 0.717) is 32.2 Å². The van der Waals surface area contributed by atoms with E-state index in [1.807, 2.05) is 6.07 Å². The number of carbonyl (C=O) groups is 1. The zero-order valence-corrected chi connectivity index (χ0v) is 15.0. The predicted octanol–water partition coefficient (Wildman–Crippen LogP) is 4.56. The summed E-state index contributed by atoms with van der Waals surface area (Å²) in [6.45, 7) is 2.07. The SMILES string of the molecule is O=C(c1cc(F)cc(F)c1)N1CCC(CCOCc2cccc(F)c2)CC1. The minimum absolute atomic E-state index is 0.0457. The topological polar surface area (TPSA) is 29.5 Å². The van der Waals surface area contributed by atoms with E-state index >= 15 is 0 Å². The van der Waals surface area contributed by atoms with E-state index in [0.717, 1.165) is 43.0 Å². The molecule has 1 saturated heterocycles. The Morgan fingerprint density at radius 2 is 1.70 bits per heavy atom. The number of ether oxygens (including phenoxy) is 1. The normalized spacial score (nSPS) is 15.1. The molecule has 1 amide bonds. The average molecular weight is 377 g/mol. The van der Waals surface area contributed by atoms with Gasteiger partial charge in [-0.1, -0.05) is 12.1 Å². The second kappa shape index (κ2) is 9.04. The number of piperidine rings is 1. The molecule has 0 spiro atoms. The Labute approximate surface area is 156 Å². The monoisotopic (exact) mass is 377 g/mol.